The van der Waals surface area contributed by atoms with Gasteiger partial charge in [0.05, 0.1) is 29.2 Å². The van der Waals surface area contributed by atoms with Crippen LogP contribution in [0.1, 0.15) is 253 Å². The Bertz CT molecular complexity index is 1310. The van der Waals surface area contributed by atoms with Crippen LogP contribution in [0.5, 0.6) is 0 Å². The minimum atomic E-state index is -5.03. The SMILES string of the molecule is CCCCCCCCCCCCCCCC/C=C/CCCOC(=O)c1cccc(S(=O)(=O)[O-])c1C(=O)OCCC/C=C/CCCCCCCCCCCCCCCC.[K+]. The molecule has 0 aliphatic heterocycles. The number of allylic oxidation sites excluding steroid dienone is 4. The van der Waals surface area contributed by atoms with E-state index >= 15 is 0 Å². The summed E-state index contributed by atoms with van der Waals surface area (Å²) >= 11 is 0. The fourth-order valence-electron chi connectivity index (χ4n) is 7.39. The molecule has 0 spiro atoms. The number of unbranched alkanes of at least 4 members (excludes halogenated alkanes) is 30. The molecule has 1 aromatic rings. The van der Waals surface area contributed by atoms with Crippen molar-refractivity contribution >= 4 is 22.1 Å². The van der Waals surface area contributed by atoms with Crippen molar-refractivity contribution in [3.63, 3.8) is 0 Å². The second kappa shape index (κ2) is 42.5. The van der Waals surface area contributed by atoms with Crippen molar-refractivity contribution in [3.8, 4) is 0 Å². The molecule has 334 valence electrons. The number of rotatable bonds is 41. The number of carbonyl (C=O) groups excluding carboxylic acids is 2. The topological polar surface area (TPSA) is 110 Å². The molecule has 0 heterocycles. The number of hydrogen-bond acceptors (Lipinski definition) is 7. The third-order valence-corrected chi connectivity index (χ3v) is 11.9. The molecule has 0 radical (unpaired) electrons. The van der Waals surface area contributed by atoms with Crippen molar-refractivity contribution in [2.75, 3.05) is 13.2 Å². The van der Waals surface area contributed by atoms with E-state index in [1.54, 1.807) is 0 Å². The maximum atomic E-state index is 13.0. The van der Waals surface area contributed by atoms with Crippen LogP contribution in [-0.2, 0) is 19.6 Å². The second-order valence-electron chi connectivity index (χ2n) is 16.4. The Morgan fingerprint density at radius 3 is 1.12 bits per heavy atom. The van der Waals surface area contributed by atoms with E-state index in [4.69, 9.17) is 9.47 Å². The van der Waals surface area contributed by atoms with Crippen molar-refractivity contribution in [1.29, 1.82) is 0 Å². The second-order valence-corrected chi connectivity index (χ2v) is 17.7. The fraction of sp³-hybridized carbons (Fsp3) is 0.760. The summed E-state index contributed by atoms with van der Waals surface area (Å²) in [5.41, 5.74) is -0.827. The summed E-state index contributed by atoms with van der Waals surface area (Å²) in [6.45, 7) is 4.68. The van der Waals surface area contributed by atoms with E-state index in [2.05, 4.69) is 38.2 Å². The Morgan fingerprint density at radius 2 is 0.780 bits per heavy atom. The summed E-state index contributed by atoms with van der Waals surface area (Å²) in [5, 5.41) is 0. The zero-order valence-electron chi connectivity index (χ0n) is 38.3. The average molecular weight is 869 g/mol. The molecule has 0 aliphatic rings. The van der Waals surface area contributed by atoms with Crippen LogP contribution in [0.3, 0.4) is 0 Å². The Morgan fingerprint density at radius 1 is 0.475 bits per heavy atom. The molecular weight excluding hydrogens is 784 g/mol. The van der Waals surface area contributed by atoms with Crippen molar-refractivity contribution < 1.29 is 83.4 Å². The van der Waals surface area contributed by atoms with Gasteiger partial charge in [0.15, 0.2) is 0 Å². The molecule has 0 saturated heterocycles. The smallest absolute Gasteiger partial charge is 0.744 e. The van der Waals surface area contributed by atoms with Gasteiger partial charge in [-0.2, -0.15) is 0 Å². The molecule has 0 aromatic heterocycles. The summed E-state index contributed by atoms with van der Waals surface area (Å²) in [4.78, 5) is 25.2. The molecule has 0 saturated carbocycles. The summed E-state index contributed by atoms with van der Waals surface area (Å²) in [7, 11) is -5.03. The van der Waals surface area contributed by atoms with Crippen LogP contribution in [0.4, 0.5) is 0 Å². The molecule has 0 unspecified atom stereocenters. The number of carbonyl (C=O) groups is 2. The number of benzene rings is 1. The van der Waals surface area contributed by atoms with Crippen LogP contribution in [-0.4, -0.2) is 38.1 Å². The van der Waals surface area contributed by atoms with Gasteiger partial charge in [-0.3, -0.25) is 0 Å². The molecule has 0 aliphatic carbocycles. The standard InChI is InChI=1S/C50H86O7S.K/c1-3-5-7-9-11-13-15-17-19-21-23-25-27-29-31-33-35-37-39-44-56-49(51)46-42-41-43-47(58(53,54)55)48(46)50(52)57-45-40-38-36-34-32-30-28-26-24-22-20-18-16-14-12-10-8-6-4-2;/h33-36,41-43H,3-32,37-40,44-45H2,1-2H3,(H,53,54,55);/q;+1/p-1/b35-33+,36-34+;. The first-order valence-corrected chi connectivity index (χ1v) is 25.5. The predicted molar refractivity (Wildman–Crippen MR) is 242 cm³/mol. The first-order valence-electron chi connectivity index (χ1n) is 24.1. The quantitative estimate of drug-likeness (QED) is 0.0212. The van der Waals surface area contributed by atoms with Crippen LogP contribution < -0.4 is 51.4 Å². The number of ether oxygens (including phenoxy) is 2. The van der Waals surface area contributed by atoms with Crippen LogP contribution in [0.2, 0.25) is 0 Å². The summed E-state index contributed by atoms with van der Waals surface area (Å²) < 4.78 is 46.7. The molecular formula is C50H85KO7S. The van der Waals surface area contributed by atoms with Crippen molar-refractivity contribution in [2.24, 2.45) is 0 Å². The maximum absolute atomic E-state index is 13.0. The predicted octanol–water partition coefficient (Wildman–Crippen LogP) is 12.3. The van der Waals surface area contributed by atoms with E-state index in [1.807, 2.05) is 0 Å². The monoisotopic (exact) mass is 869 g/mol. The molecule has 0 atom stereocenters. The van der Waals surface area contributed by atoms with Gasteiger partial charge in [-0.25, -0.2) is 18.0 Å². The minimum absolute atomic E-state index is 0. The van der Waals surface area contributed by atoms with Gasteiger partial charge in [0, 0.05) is 0 Å². The van der Waals surface area contributed by atoms with E-state index in [0.717, 1.165) is 25.3 Å². The number of esters is 2. The molecule has 7 nitrogen and oxygen atoms in total. The van der Waals surface area contributed by atoms with Crippen molar-refractivity contribution in [1.82, 2.24) is 0 Å². The van der Waals surface area contributed by atoms with E-state index < -0.39 is 32.5 Å². The molecule has 1 rings (SSSR count). The summed E-state index contributed by atoms with van der Waals surface area (Å²) in [6, 6.07) is 3.59. The average Bonchev–Trinajstić information content (AvgIpc) is 3.21. The van der Waals surface area contributed by atoms with Crippen molar-refractivity contribution in [3.05, 3.63) is 53.6 Å². The van der Waals surface area contributed by atoms with Crippen LogP contribution in [0.15, 0.2) is 47.4 Å². The molecule has 59 heavy (non-hydrogen) atoms. The first-order chi connectivity index (χ1) is 28.3. The Hall–Kier alpha value is -0.814. The zero-order valence-corrected chi connectivity index (χ0v) is 42.2. The van der Waals surface area contributed by atoms with Gasteiger partial charge in [-0.05, 0) is 63.5 Å². The first kappa shape index (κ1) is 58.2. The van der Waals surface area contributed by atoms with Gasteiger partial charge < -0.3 is 14.0 Å². The largest absolute Gasteiger partial charge is 1.00 e. The van der Waals surface area contributed by atoms with Crippen LogP contribution >= 0.6 is 0 Å². The molecule has 1 aromatic carbocycles. The minimum Gasteiger partial charge on any atom is -0.744 e. The molecule has 0 fully saturated rings. The Labute approximate surface area is 405 Å². The van der Waals surface area contributed by atoms with Gasteiger partial charge in [0.1, 0.15) is 10.1 Å². The van der Waals surface area contributed by atoms with E-state index in [-0.39, 0.29) is 70.2 Å². The third kappa shape index (κ3) is 34.4. The van der Waals surface area contributed by atoms with Gasteiger partial charge in [-0.1, -0.05) is 211 Å². The van der Waals surface area contributed by atoms with Crippen molar-refractivity contribution in [2.45, 2.75) is 237 Å². The molecule has 0 amide bonds. The van der Waals surface area contributed by atoms with Gasteiger partial charge in [-0.15, -0.1) is 0 Å². The fourth-order valence-corrected chi connectivity index (χ4v) is 8.08. The van der Waals surface area contributed by atoms with E-state index in [1.165, 1.54) is 192 Å². The normalized spacial score (nSPS) is 11.7. The maximum Gasteiger partial charge on any atom is 1.00 e. The summed E-state index contributed by atoms with van der Waals surface area (Å²) in [5.74, 6) is -1.87. The number of hydrogen-bond donors (Lipinski definition) is 0. The molecule has 9 heteroatoms. The van der Waals surface area contributed by atoms with Crippen LogP contribution in [0.25, 0.3) is 0 Å². The zero-order chi connectivity index (χ0) is 42.2. The third-order valence-electron chi connectivity index (χ3n) is 11.0. The van der Waals surface area contributed by atoms with Crippen LogP contribution in [0, 0.1) is 0 Å². The summed E-state index contributed by atoms with van der Waals surface area (Å²) in [6.07, 6.45) is 50.8. The van der Waals surface area contributed by atoms with Gasteiger partial charge >= 0.3 is 63.3 Å². The van der Waals surface area contributed by atoms with E-state index in [9.17, 15) is 22.6 Å². The van der Waals surface area contributed by atoms with E-state index in [0.29, 0.717) is 19.3 Å². The molecule has 0 bridgehead atoms. The Kier molecular flexibility index (Phi) is 41.9. The van der Waals surface area contributed by atoms with Gasteiger partial charge in [0.2, 0.25) is 0 Å². The Balaban J connectivity index is 0.0000336. The molecule has 0 N–H and O–H groups in total. The van der Waals surface area contributed by atoms with Gasteiger partial charge in [0.25, 0.3) is 0 Å².